The second kappa shape index (κ2) is 7.64. The summed E-state index contributed by atoms with van der Waals surface area (Å²) in [7, 11) is 1.70. The van der Waals surface area contributed by atoms with Crippen molar-refractivity contribution in [3.63, 3.8) is 0 Å². The summed E-state index contributed by atoms with van der Waals surface area (Å²) in [5.41, 5.74) is 0.816. The molecule has 0 aromatic carbocycles. The van der Waals surface area contributed by atoms with Crippen LogP contribution in [0.2, 0.25) is 0 Å². The van der Waals surface area contributed by atoms with E-state index >= 15 is 0 Å². The van der Waals surface area contributed by atoms with E-state index in [4.69, 9.17) is 0 Å². The number of hydrogen-bond donors (Lipinski definition) is 1. The predicted molar refractivity (Wildman–Crippen MR) is 92.6 cm³/mol. The van der Waals surface area contributed by atoms with Crippen LogP contribution in [0.5, 0.6) is 0 Å². The highest BCUT2D eigenvalue weighted by Gasteiger charge is 2.33. The van der Waals surface area contributed by atoms with Crippen LogP contribution < -0.4 is 5.32 Å². The van der Waals surface area contributed by atoms with Crippen LogP contribution in [-0.2, 0) is 13.6 Å². The van der Waals surface area contributed by atoms with Crippen molar-refractivity contribution in [2.45, 2.75) is 38.5 Å². The van der Waals surface area contributed by atoms with Gasteiger partial charge in [-0.2, -0.15) is 23.4 Å². The first kappa shape index (κ1) is 19.9. The largest absolute Gasteiger partial charge is 0.408 e. The Morgan fingerprint density at radius 3 is 2.71 bits per heavy atom. The smallest absolute Gasteiger partial charge is 0.350 e. The van der Waals surface area contributed by atoms with Crippen molar-refractivity contribution in [2.75, 3.05) is 13.1 Å². The summed E-state index contributed by atoms with van der Waals surface area (Å²) >= 11 is 0. The van der Waals surface area contributed by atoms with Crippen LogP contribution in [0.1, 0.15) is 39.3 Å². The van der Waals surface area contributed by atoms with E-state index in [0.29, 0.717) is 18.5 Å². The van der Waals surface area contributed by atoms with Crippen LogP contribution in [0, 0.1) is 6.92 Å². The highest BCUT2D eigenvalue weighted by Crippen LogP contribution is 2.22. The minimum absolute atomic E-state index is 0.148. The number of nitrogens with one attached hydrogen (secondary N) is 1. The normalized spacial score (nSPS) is 17.2. The molecule has 11 heteroatoms. The summed E-state index contributed by atoms with van der Waals surface area (Å²) in [4.78, 5) is 26.6. The number of carbonyl (C=O) groups excluding carboxylic acids is 2. The quantitative estimate of drug-likeness (QED) is 0.828. The molecule has 0 spiro atoms. The van der Waals surface area contributed by atoms with Gasteiger partial charge in [0.1, 0.15) is 6.54 Å². The lowest BCUT2D eigenvalue weighted by molar-refractivity contribution is -0.142. The molecule has 1 fully saturated rings. The number of amides is 2. The number of aromatic nitrogens is 4. The molecular formula is C17H21F3N6O2. The van der Waals surface area contributed by atoms with E-state index in [-0.39, 0.29) is 35.7 Å². The molecule has 28 heavy (non-hydrogen) atoms. The lowest BCUT2D eigenvalue weighted by Gasteiger charge is -2.24. The Bertz CT molecular complexity index is 873. The molecule has 0 bridgehead atoms. The Kier molecular flexibility index (Phi) is 5.43. The Labute approximate surface area is 159 Å². The maximum absolute atomic E-state index is 12.8. The van der Waals surface area contributed by atoms with E-state index in [1.807, 2.05) is 0 Å². The first-order valence-electron chi connectivity index (χ1n) is 8.82. The van der Waals surface area contributed by atoms with Crippen molar-refractivity contribution in [1.29, 1.82) is 0 Å². The highest BCUT2D eigenvalue weighted by atomic mass is 19.4. The van der Waals surface area contributed by atoms with Gasteiger partial charge in [-0.15, -0.1) is 0 Å². The highest BCUT2D eigenvalue weighted by molar-refractivity contribution is 5.96. The van der Waals surface area contributed by atoms with E-state index < -0.39 is 12.7 Å². The van der Waals surface area contributed by atoms with Gasteiger partial charge in [-0.05, 0) is 19.8 Å². The zero-order chi connectivity index (χ0) is 20.5. The van der Waals surface area contributed by atoms with E-state index in [0.717, 1.165) is 17.3 Å². The van der Waals surface area contributed by atoms with E-state index in [1.54, 1.807) is 18.1 Å². The molecule has 2 aromatic heterocycles. The average molecular weight is 398 g/mol. The average Bonchev–Trinajstić information content (AvgIpc) is 3.30. The van der Waals surface area contributed by atoms with Crippen LogP contribution in [0.15, 0.2) is 18.6 Å². The predicted octanol–water partition coefficient (Wildman–Crippen LogP) is 1.52. The molecule has 3 rings (SSSR count). The van der Waals surface area contributed by atoms with Crippen molar-refractivity contribution in [3.8, 4) is 0 Å². The molecule has 2 aromatic rings. The van der Waals surface area contributed by atoms with E-state index in [2.05, 4.69) is 15.5 Å². The number of alkyl halides is 3. The zero-order valence-corrected chi connectivity index (χ0v) is 15.5. The standard InChI is InChI=1S/C17H21F3N6O2/c1-11-14(9-25(23-11)10-17(18,19)20)16(28)26-5-3-4-13(26)7-21-15(27)12-6-22-24(2)8-12/h6,8-9,13H,3-5,7,10H2,1-2H3,(H,21,27). The molecule has 2 amide bonds. The number of halogens is 3. The molecule has 1 aliphatic heterocycles. The fraction of sp³-hybridized carbons (Fsp3) is 0.529. The Morgan fingerprint density at radius 1 is 1.32 bits per heavy atom. The molecule has 0 radical (unpaired) electrons. The van der Waals surface area contributed by atoms with Crippen molar-refractivity contribution >= 4 is 11.8 Å². The topological polar surface area (TPSA) is 85.1 Å². The van der Waals surface area contributed by atoms with Gasteiger partial charge < -0.3 is 10.2 Å². The molecule has 1 saturated heterocycles. The van der Waals surface area contributed by atoms with Gasteiger partial charge in [0.25, 0.3) is 11.8 Å². The lowest BCUT2D eigenvalue weighted by Crippen LogP contribution is -2.43. The van der Waals surface area contributed by atoms with Crippen molar-refractivity contribution < 1.29 is 22.8 Å². The Morgan fingerprint density at radius 2 is 2.07 bits per heavy atom. The molecule has 152 valence electrons. The monoisotopic (exact) mass is 398 g/mol. The van der Waals surface area contributed by atoms with Gasteiger partial charge in [0, 0.05) is 38.6 Å². The van der Waals surface area contributed by atoms with Crippen molar-refractivity contribution in [2.24, 2.45) is 7.05 Å². The molecule has 0 aliphatic carbocycles. The van der Waals surface area contributed by atoms with Crippen LogP contribution in [0.25, 0.3) is 0 Å². The van der Waals surface area contributed by atoms with E-state index in [9.17, 15) is 22.8 Å². The van der Waals surface area contributed by atoms with Crippen molar-refractivity contribution in [1.82, 2.24) is 29.8 Å². The van der Waals surface area contributed by atoms with Gasteiger partial charge in [0.2, 0.25) is 0 Å². The molecule has 8 nitrogen and oxygen atoms in total. The maximum Gasteiger partial charge on any atom is 0.408 e. The van der Waals surface area contributed by atoms with E-state index in [1.165, 1.54) is 17.8 Å². The second-order valence-electron chi connectivity index (χ2n) is 6.85. The summed E-state index contributed by atoms with van der Waals surface area (Å²) in [5.74, 6) is -0.661. The minimum Gasteiger partial charge on any atom is -0.350 e. The third-order valence-corrected chi connectivity index (χ3v) is 4.62. The van der Waals surface area contributed by atoms with Crippen molar-refractivity contribution in [3.05, 3.63) is 35.4 Å². The fourth-order valence-corrected chi connectivity index (χ4v) is 3.31. The summed E-state index contributed by atoms with van der Waals surface area (Å²) in [6.07, 6.45) is 1.22. The molecular weight excluding hydrogens is 377 g/mol. The number of likely N-dealkylation sites (tertiary alicyclic amines) is 1. The SMILES string of the molecule is Cc1nn(CC(F)(F)F)cc1C(=O)N1CCCC1CNC(=O)c1cnn(C)c1. The van der Waals surface area contributed by atoms with Crippen LogP contribution in [0.4, 0.5) is 13.2 Å². The number of aryl methyl sites for hydroxylation is 2. The Balaban J connectivity index is 1.65. The zero-order valence-electron chi connectivity index (χ0n) is 15.5. The third kappa shape index (κ3) is 4.52. The first-order chi connectivity index (χ1) is 13.1. The lowest BCUT2D eigenvalue weighted by atomic mass is 10.2. The molecule has 1 atom stereocenters. The number of carbonyl (C=O) groups is 2. The van der Waals surface area contributed by atoms with Crippen LogP contribution in [0.3, 0.4) is 0 Å². The van der Waals surface area contributed by atoms with Gasteiger partial charge in [0.05, 0.1) is 23.0 Å². The summed E-state index contributed by atoms with van der Waals surface area (Å²) in [6, 6.07) is -0.224. The minimum atomic E-state index is -4.41. The maximum atomic E-state index is 12.8. The third-order valence-electron chi connectivity index (χ3n) is 4.62. The van der Waals surface area contributed by atoms with Crippen LogP contribution in [-0.4, -0.2) is 61.6 Å². The number of nitrogens with zero attached hydrogens (tertiary/aromatic N) is 5. The second-order valence-corrected chi connectivity index (χ2v) is 6.85. The molecule has 3 heterocycles. The Hall–Kier alpha value is -2.85. The van der Waals surface area contributed by atoms with Gasteiger partial charge >= 0.3 is 6.18 Å². The fourth-order valence-electron chi connectivity index (χ4n) is 3.31. The van der Waals surface area contributed by atoms with Gasteiger partial charge in [-0.3, -0.25) is 19.0 Å². The summed E-state index contributed by atoms with van der Waals surface area (Å²) in [6.45, 7) is 1.01. The van der Waals surface area contributed by atoms with Crippen LogP contribution >= 0.6 is 0 Å². The number of rotatable bonds is 5. The first-order valence-corrected chi connectivity index (χ1v) is 8.82. The number of hydrogen-bond acceptors (Lipinski definition) is 4. The van der Waals surface area contributed by atoms with Gasteiger partial charge in [0.15, 0.2) is 0 Å². The molecule has 1 unspecified atom stereocenters. The molecule has 1 aliphatic rings. The summed E-state index contributed by atoms with van der Waals surface area (Å²) in [5, 5.41) is 10.5. The summed E-state index contributed by atoms with van der Waals surface area (Å²) < 4.78 is 39.9. The molecule has 1 N–H and O–H groups in total. The van der Waals surface area contributed by atoms with Gasteiger partial charge in [-0.1, -0.05) is 0 Å². The molecule has 0 saturated carbocycles. The van der Waals surface area contributed by atoms with Gasteiger partial charge in [-0.25, -0.2) is 0 Å².